The van der Waals surface area contributed by atoms with Gasteiger partial charge in [0.1, 0.15) is 22.3 Å². The van der Waals surface area contributed by atoms with Crippen LogP contribution < -0.4 is 9.88 Å². The molecule has 0 aliphatic carbocycles. The second kappa shape index (κ2) is 10.9. The Balaban J connectivity index is 1.79. The van der Waals surface area contributed by atoms with Crippen LogP contribution in [0, 0.1) is 11.6 Å². The summed E-state index contributed by atoms with van der Waals surface area (Å²) in [6.07, 6.45) is 1.70. The summed E-state index contributed by atoms with van der Waals surface area (Å²) in [5.41, 5.74) is 1.75. The van der Waals surface area contributed by atoms with E-state index in [1.54, 1.807) is 24.4 Å². The van der Waals surface area contributed by atoms with Gasteiger partial charge in [-0.25, -0.2) is 27.3 Å². The lowest BCUT2D eigenvalue weighted by atomic mass is 9.81. The molecule has 0 fully saturated rings. The van der Waals surface area contributed by atoms with Crippen molar-refractivity contribution in [3.63, 3.8) is 0 Å². The van der Waals surface area contributed by atoms with E-state index < -0.39 is 27.1 Å². The molecule has 0 saturated carbocycles. The van der Waals surface area contributed by atoms with Gasteiger partial charge >= 0.3 is 0 Å². The normalized spacial score (nSPS) is 12.1. The van der Waals surface area contributed by atoms with Crippen molar-refractivity contribution in [1.29, 1.82) is 0 Å². The molecule has 0 atom stereocenters. The van der Waals surface area contributed by atoms with Crippen LogP contribution in [0.15, 0.2) is 70.8 Å². The van der Waals surface area contributed by atoms with E-state index >= 15 is 0 Å². The van der Waals surface area contributed by atoms with E-state index in [1.165, 1.54) is 31.0 Å². The molecule has 0 radical (unpaired) electrons. The maximum atomic E-state index is 14.7. The highest BCUT2D eigenvalue weighted by atomic mass is 35.5. The first kappa shape index (κ1) is 28.4. The molecule has 1 heterocycles. The van der Waals surface area contributed by atoms with Gasteiger partial charge in [0.05, 0.1) is 29.0 Å². The molecule has 3 aromatic carbocycles. The highest BCUT2D eigenvalue weighted by Crippen LogP contribution is 2.39. The monoisotopic (exact) mass is 597 g/mol. The predicted octanol–water partition coefficient (Wildman–Crippen LogP) is 6.73. The molecule has 4 aromatic rings. The third-order valence-electron chi connectivity index (χ3n) is 6.09. The minimum atomic E-state index is -4.15. The number of nitrogens with two attached hydrogens (primary N) is 1. The number of rotatable bonds is 8. The quantitative estimate of drug-likeness (QED) is 0.227. The zero-order valence-electron chi connectivity index (χ0n) is 20.5. The second-order valence-electron chi connectivity index (χ2n) is 8.92. The standard InChI is InChI=1S/C26H23Cl2F2N3O3S2/c1-26(2,16-4-9-19(27)22(11-16)36-3)24-13-32-25(33(24)18-7-5-17(29)6-8-18)37-14-15-10-23(38(31,34)35)20(28)12-21(15)30/h4-13H,14H2,1-3H3,(H2,31,34,35). The molecule has 0 unspecified atom stereocenters. The fourth-order valence-corrected chi connectivity index (χ4v) is 6.23. The number of sulfonamides is 1. The summed E-state index contributed by atoms with van der Waals surface area (Å²) in [5.74, 6) is -0.532. The summed E-state index contributed by atoms with van der Waals surface area (Å²) in [5, 5.41) is 5.88. The number of thioether (sulfide) groups is 1. The predicted molar refractivity (Wildman–Crippen MR) is 146 cm³/mol. The van der Waals surface area contributed by atoms with Crippen LogP contribution in [0.1, 0.15) is 30.7 Å². The van der Waals surface area contributed by atoms with Crippen molar-refractivity contribution in [1.82, 2.24) is 9.55 Å². The Kier molecular flexibility index (Phi) is 8.11. The van der Waals surface area contributed by atoms with E-state index in [1.807, 2.05) is 30.5 Å². The number of primary sulfonamides is 1. The summed E-state index contributed by atoms with van der Waals surface area (Å²) in [6.45, 7) is 4.00. The Morgan fingerprint density at radius 1 is 1.05 bits per heavy atom. The molecule has 38 heavy (non-hydrogen) atoms. The number of ether oxygens (including phenoxy) is 1. The fraction of sp³-hybridized carbons (Fsp3) is 0.192. The maximum absolute atomic E-state index is 14.7. The first-order valence-electron chi connectivity index (χ1n) is 11.1. The number of hydrogen-bond donors (Lipinski definition) is 1. The highest BCUT2D eigenvalue weighted by molar-refractivity contribution is 7.98. The molecule has 6 nitrogen and oxygen atoms in total. The second-order valence-corrected chi connectivity index (χ2v) is 12.2. The Labute approximate surface area is 233 Å². The minimum absolute atomic E-state index is 0.0262. The molecule has 0 aliphatic rings. The van der Waals surface area contributed by atoms with Crippen LogP contribution in [0.5, 0.6) is 5.75 Å². The van der Waals surface area contributed by atoms with Crippen molar-refractivity contribution < 1.29 is 21.9 Å². The number of halogens is 4. The van der Waals surface area contributed by atoms with Gasteiger partial charge in [-0.05, 0) is 59.7 Å². The largest absolute Gasteiger partial charge is 0.495 e. The van der Waals surface area contributed by atoms with Crippen LogP contribution in [0.3, 0.4) is 0 Å². The van der Waals surface area contributed by atoms with E-state index in [4.69, 9.17) is 33.1 Å². The van der Waals surface area contributed by atoms with Crippen molar-refractivity contribution in [2.75, 3.05) is 7.11 Å². The smallest absolute Gasteiger partial charge is 0.239 e. The Bertz CT molecular complexity index is 1610. The van der Waals surface area contributed by atoms with Gasteiger partial charge in [-0.1, -0.05) is 54.9 Å². The Morgan fingerprint density at radius 3 is 2.37 bits per heavy atom. The number of nitrogens with zero attached hydrogens (tertiary/aromatic N) is 2. The molecule has 12 heteroatoms. The third-order valence-corrected chi connectivity index (χ3v) is 8.78. The molecule has 0 saturated heterocycles. The van der Waals surface area contributed by atoms with Crippen LogP contribution in [0.25, 0.3) is 5.69 Å². The lowest BCUT2D eigenvalue weighted by Gasteiger charge is -2.28. The van der Waals surface area contributed by atoms with Gasteiger partial charge in [-0.15, -0.1) is 0 Å². The zero-order chi connectivity index (χ0) is 27.8. The van der Waals surface area contributed by atoms with Crippen LogP contribution in [-0.2, 0) is 21.2 Å². The summed E-state index contributed by atoms with van der Waals surface area (Å²) in [4.78, 5) is 4.22. The van der Waals surface area contributed by atoms with Gasteiger partial charge in [0.2, 0.25) is 10.0 Å². The number of hydrogen-bond acceptors (Lipinski definition) is 5. The van der Waals surface area contributed by atoms with Gasteiger partial charge in [0.25, 0.3) is 0 Å². The minimum Gasteiger partial charge on any atom is -0.495 e. The van der Waals surface area contributed by atoms with E-state index in [-0.39, 0.29) is 21.2 Å². The van der Waals surface area contributed by atoms with E-state index in [9.17, 15) is 17.2 Å². The summed E-state index contributed by atoms with van der Waals surface area (Å²) in [7, 11) is -2.62. The van der Waals surface area contributed by atoms with Crippen molar-refractivity contribution in [3.05, 3.63) is 99.3 Å². The molecular formula is C26H23Cl2F2N3O3S2. The average molecular weight is 599 g/mol. The van der Waals surface area contributed by atoms with Crippen molar-refractivity contribution in [2.45, 2.75) is 35.1 Å². The number of aromatic nitrogens is 2. The molecule has 1 aromatic heterocycles. The summed E-state index contributed by atoms with van der Waals surface area (Å²) in [6, 6.07) is 13.4. The Hall–Kier alpha value is -2.63. The van der Waals surface area contributed by atoms with Crippen molar-refractivity contribution >= 4 is 45.0 Å². The molecule has 200 valence electrons. The van der Waals surface area contributed by atoms with E-state index in [2.05, 4.69) is 4.98 Å². The van der Waals surface area contributed by atoms with Gasteiger partial charge in [-0.3, -0.25) is 4.57 Å². The maximum Gasteiger partial charge on any atom is 0.239 e. The van der Waals surface area contributed by atoms with Crippen molar-refractivity contribution in [3.8, 4) is 11.4 Å². The molecule has 4 rings (SSSR count). The van der Waals surface area contributed by atoms with Crippen LogP contribution in [-0.4, -0.2) is 25.1 Å². The fourth-order valence-electron chi connectivity index (χ4n) is 3.96. The Morgan fingerprint density at radius 2 is 1.74 bits per heavy atom. The molecule has 0 spiro atoms. The van der Waals surface area contributed by atoms with Crippen LogP contribution in [0.4, 0.5) is 8.78 Å². The van der Waals surface area contributed by atoms with Gasteiger partial charge in [0.15, 0.2) is 5.16 Å². The summed E-state index contributed by atoms with van der Waals surface area (Å²) < 4.78 is 59.4. The lowest BCUT2D eigenvalue weighted by molar-refractivity contribution is 0.413. The first-order valence-corrected chi connectivity index (χ1v) is 14.4. The van der Waals surface area contributed by atoms with Crippen molar-refractivity contribution in [2.24, 2.45) is 5.14 Å². The molecular weight excluding hydrogens is 575 g/mol. The van der Waals surface area contributed by atoms with E-state index in [0.717, 1.165) is 23.4 Å². The summed E-state index contributed by atoms with van der Waals surface area (Å²) >= 11 is 13.3. The average Bonchev–Trinajstić information content (AvgIpc) is 3.28. The molecule has 0 amide bonds. The molecule has 0 bridgehead atoms. The highest BCUT2D eigenvalue weighted by Gasteiger charge is 2.30. The first-order chi connectivity index (χ1) is 17.8. The van der Waals surface area contributed by atoms with Gasteiger partial charge in [-0.2, -0.15) is 0 Å². The van der Waals surface area contributed by atoms with Gasteiger partial charge < -0.3 is 4.74 Å². The molecule has 2 N–H and O–H groups in total. The number of benzene rings is 3. The van der Waals surface area contributed by atoms with Gasteiger partial charge in [0, 0.05) is 16.9 Å². The zero-order valence-corrected chi connectivity index (χ0v) is 23.7. The number of imidazole rings is 1. The molecule has 0 aliphatic heterocycles. The lowest BCUT2D eigenvalue weighted by Crippen LogP contribution is -2.23. The topological polar surface area (TPSA) is 87.2 Å². The van der Waals surface area contributed by atoms with E-state index in [0.29, 0.717) is 21.6 Å². The van der Waals surface area contributed by atoms with Crippen LogP contribution >= 0.6 is 35.0 Å². The van der Waals surface area contributed by atoms with Crippen LogP contribution in [0.2, 0.25) is 10.0 Å². The SMILES string of the molecule is COc1cc(C(C)(C)c2cnc(SCc3cc(S(N)(=O)=O)c(Cl)cc3F)n2-c2ccc(F)cc2)ccc1Cl. The third kappa shape index (κ3) is 5.69. The number of methoxy groups -OCH3 is 1.